The zero-order valence-electron chi connectivity index (χ0n) is 12.9. The zero-order valence-corrected chi connectivity index (χ0v) is 12.9. The van der Waals surface area contributed by atoms with Crippen LogP contribution in [0.2, 0.25) is 0 Å². The molecule has 0 aliphatic rings. The summed E-state index contributed by atoms with van der Waals surface area (Å²) >= 11 is 0. The van der Waals surface area contributed by atoms with Crippen molar-refractivity contribution in [2.24, 2.45) is 17.1 Å². The van der Waals surface area contributed by atoms with E-state index >= 15 is 0 Å². The molecule has 1 unspecified atom stereocenters. The molecular weight excluding hydrogens is 226 g/mol. The van der Waals surface area contributed by atoms with Crippen LogP contribution in [0.5, 0.6) is 0 Å². The monoisotopic (exact) mass is 257 g/mol. The number of hydrogen-bond donors (Lipinski definition) is 2. The van der Waals surface area contributed by atoms with Crippen LogP contribution >= 0.6 is 0 Å². The molecule has 0 rings (SSSR count). The van der Waals surface area contributed by atoms with Gasteiger partial charge in [-0.2, -0.15) is 0 Å². The van der Waals surface area contributed by atoms with Gasteiger partial charge in [0.05, 0.1) is 5.41 Å². The number of nitrogens with two attached hydrogens (primary N) is 1. The van der Waals surface area contributed by atoms with Crippen LogP contribution in [0.3, 0.4) is 0 Å². The largest absolute Gasteiger partial charge is 0.351 e. The van der Waals surface area contributed by atoms with E-state index in [1.54, 1.807) is 0 Å². The average Bonchev–Trinajstić information content (AvgIpc) is 2.30. The summed E-state index contributed by atoms with van der Waals surface area (Å²) in [6, 6.07) is 0.177. The summed E-state index contributed by atoms with van der Waals surface area (Å²) in [6.45, 7) is 9.61. The first-order valence-corrected chi connectivity index (χ1v) is 6.98. The lowest BCUT2D eigenvalue weighted by Crippen LogP contribution is -2.52. The number of carbonyl (C=O) groups is 1. The molecule has 4 heteroatoms. The SMILES string of the molecule is CCC(CC)(CN)C(=O)NC(CN(C)C)C(C)C. The summed E-state index contributed by atoms with van der Waals surface area (Å²) in [5.41, 5.74) is 5.41. The van der Waals surface area contributed by atoms with Crippen molar-refractivity contribution in [2.75, 3.05) is 27.2 Å². The fourth-order valence-corrected chi connectivity index (χ4v) is 2.09. The Kier molecular flexibility index (Phi) is 7.48. The van der Waals surface area contributed by atoms with E-state index < -0.39 is 5.41 Å². The number of nitrogens with one attached hydrogen (secondary N) is 1. The third-order valence-electron chi connectivity index (χ3n) is 3.91. The van der Waals surface area contributed by atoms with Gasteiger partial charge in [-0.3, -0.25) is 4.79 Å². The second-order valence-electron chi connectivity index (χ2n) is 5.78. The second kappa shape index (κ2) is 7.74. The van der Waals surface area contributed by atoms with Gasteiger partial charge in [0, 0.05) is 19.1 Å². The molecule has 0 bridgehead atoms. The van der Waals surface area contributed by atoms with E-state index in [1.807, 2.05) is 27.9 Å². The summed E-state index contributed by atoms with van der Waals surface area (Å²) in [5.74, 6) is 0.524. The molecule has 108 valence electrons. The van der Waals surface area contributed by atoms with Crippen molar-refractivity contribution in [3.05, 3.63) is 0 Å². The Bertz CT molecular complexity index is 239. The van der Waals surface area contributed by atoms with Crippen LogP contribution in [0.15, 0.2) is 0 Å². The topological polar surface area (TPSA) is 58.4 Å². The van der Waals surface area contributed by atoms with Crippen LogP contribution in [0.1, 0.15) is 40.5 Å². The van der Waals surface area contributed by atoms with Gasteiger partial charge in [-0.15, -0.1) is 0 Å². The molecule has 0 aromatic heterocycles. The van der Waals surface area contributed by atoms with E-state index in [4.69, 9.17) is 5.73 Å². The summed E-state index contributed by atoms with van der Waals surface area (Å²) in [7, 11) is 4.05. The second-order valence-corrected chi connectivity index (χ2v) is 5.78. The molecule has 0 heterocycles. The fourth-order valence-electron chi connectivity index (χ4n) is 2.09. The Morgan fingerprint density at radius 1 is 1.28 bits per heavy atom. The summed E-state index contributed by atoms with van der Waals surface area (Å²) < 4.78 is 0. The van der Waals surface area contributed by atoms with Crippen molar-refractivity contribution < 1.29 is 4.79 Å². The number of rotatable bonds is 8. The smallest absolute Gasteiger partial charge is 0.227 e. The minimum Gasteiger partial charge on any atom is -0.351 e. The molecule has 0 aliphatic carbocycles. The molecule has 4 nitrogen and oxygen atoms in total. The Balaban J connectivity index is 4.76. The summed E-state index contributed by atoms with van der Waals surface area (Å²) in [6.07, 6.45) is 1.58. The first kappa shape index (κ1) is 17.4. The molecule has 0 fully saturated rings. The standard InChI is InChI=1S/C14H31N3O/c1-7-14(8-2,10-15)13(18)16-12(11(3)4)9-17(5)6/h11-12H,7-10,15H2,1-6H3,(H,16,18). The number of nitrogens with zero attached hydrogens (tertiary/aromatic N) is 1. The van der Waals surface area contributed by atoms with Crippen molar-refractivity contribution in [1.29, 1.82) is 0 Å². The predicted molar refractivity (Wildman–Crippen MR) is 77.4 cm³/mol. The normalized spacial score (nSPS) is 14.1. The molecule has 1 atom stereocenters. The van der Waals surface area contributed by atoms with Crippen LogP contribution < -0.4 is 11.1 Å². The van der Waals surface area contributed by atoms with Gasteiger partial charge in [-0.05, 0) is 32.9 Å². The number of likely N-dealkylation sites (N-methyl/N-ethyl adjacent to an activating group) is 1. The maximum atomic E-state index is 12.4. The van der Waals surface area contributed by atoms with E-state index in [2.05, 4.69) is 24.1 Å². The summed E-state index contributed by atoms with van der Waals surface area (Å²) in [4.78, 5) is 14.5. The molecule has 18 heavy (non-hydrogen) atoms. The van der Waals surface area contributed by atoms with Crippen molar-refractivity contribution in [2.45, 2.75) is 46.6 Å². The molecule has 0 aromatic rings. The Morgan fingerprint density at radius 3 is 2.06 bits per heavy atom. The Hall–Kier alpha value is -0.610. The lowest BCUT2D eigenvalue weighted by Gasteiger charge is -2.33. The van der Waals surface area contributed by atoms with E-state index in [0.717, 1.165) is 19.4 Å². The highest BCUT2D eigenvalue weighted by atomic mass is 16.2. The van der Waals surface area contributed by atoms with Crippen LogP contribution in [0.25, 0.3) is 0 Å². The number of amides is 1. The minimum absolute atomic E-state index is 0.107. The van der Waals surface area contributed by atoms with Crippen LogP contribution in [-0.4, -0.2) is 44.0 Å². The van der Waals surface area contributed by atoms with Gasteiger partial charge in [-0.1, -0.05) is 27.7 Å². The lowest BCUT2D eigenvalue weighted by molar-refractivity contribution is -0.132. The Labute approximate surface area is 112 Å². The number of carbonyl (C=O) groups excluding carboxylic acids is 1. The van der Waals surface area contributed by atoms with Gasteiger partial charge in [0.25, 0.3) is 0 Å². The molecular formula is C14H31N3O. The van der Waals surface area contributed by atoms with Crippen LogP contribution in [0, 0.1) is 11.3 Å². The van der Waals surface area contributed by atoms with E-state index in [0.29, 0.717) is 12.5 Å². The lowest BCUT2D eigenvalue weighted by atomic mass is 9.81. The van der Waals surface area contributed by atoms with Gasteiger partial charge in [0.15, 0.2) is 0 Å². The third-order valence-corrected chi connectivity index (χ3v) is 3.91. The van der Waals surface area contributed by atoms with Crippen molar-refractivity contribution in [3.63, 3.8) is 0 Å². The first-order valence-electron chi connectivity index (χ1n) is 6.98. The number of hydrogen-bond acceptors (Lipinski definition) is 3. The van der Waals surface area contributed by atoms with Gasteiger partial charge in [0.1, 0.15) is 0 Å². The molecule has 1 amide bonds. The van der Waals surface area contributed by atoms with Crippen molar-refractivity contribution >= 4 is 5.91 Å². The predicted octanol–water partition coefficient (Wildman–Crippen LogP) is 1.45. The van der Waals surface area contributed by atoms with Crippen LogP contribution in [-0.2, 0) is 4.79 Å². The van der Waals surface area contributed by atoms with Gasteiger partial charge in [0.2, 0.25) is 5.91 Å². The zero-order chi connectivity index (χ0) is 14.3. The molecule has 0 spiro atoms. The molecule has 0 radical (unpaired) electrons. The highest BCUT2D eigenvalue weighted by Gasteiger charge is 2.34. The van der Waals surface area contributed by atoms with Gasteiger partial charge < -0.3 is 16.0 Å². The van der Waals surface area contributed by atoms with E-state index in [-0.39, 0.29) is 11.9 Å². The maximum absolute atomic E-state index is 12.4. The van der Waals surface area contributed by atoms with E-state index in [1.165, 1.54) is 0 Å². The van der Waals surface area contributed by atoms with Crippen LogP contribution in [0.4, 0.5) is 0 Å². The maximum Gasteiger partial charge on any atom is 0.227 e. The Morgan fingerprint density at radius 2 is 1.78 bits per heavy atom. The highest BCUT2D eigenvalue weighted by Crippen LogP contribution is 2.25. The van der Waals surface area contributed by atoms with Gasteiger partial charge in [-0.25, -0.2) is 0 Å². The van der Waals surface area contributed by atoms with Crippen molar-refractivity contribution in [3.8, 4) is 0 Å². The van der Waals surface area contributed by atoms with Crippen molar-refractivity contribution in [1.82, 2.24) is 10.2 Å². The van der Waals surface area contributed by atoms with E-state index in [9.17, 15) is 4.79 Å². The molecule has 0 aliphatic heterocycles. The minimum atomic E-state index is -0.403. The molecule has 3 N–H and O–H groups in total. The molecule has 0 aromatic carbocycles. The fraction of sp³-hybridized carbons (Fsp3) is 0.929. The molecule has 0 saturated heterocycles. The summed E-state index contributed by atoms with van der Waals surface area (Å²) in [5, 5.41) is 3.18. The molecule has 0 saturated carbocycles. The third kappa shape index (κ3) is 4.58. The average molecular weight is 257 g/mol. The highest BCUT2D eigenvalue weighted by molar-refractivity contribution is 5.83. The van der Waals surface area contributed by atoms with Gasteiger partial charge >= 0.3 is 0 Å². The first-order chi connectivity index (χ1) is 8.32. The quantitative estimate of drug-likeness (QED) is 0.692.